The van der Waals surface area contributed by atoms with Crippen molar-refractivity contribution in [2.24, 2.45) is 0 Å². The van der Waals surface area contributed by atoms with Crippen LogP contribution in [0.4, 0.5) is 4.79 Å². The Morgan fingerprint density at radius 3 is 2.30 bits per heavy atom. The molecule has 0 aromatic heterocycles. The molecule has 0 N–H and O–H groups in total. The Kier molecular flexibility index (Phi) is 6.05. The molecule has 2 amide bonds. The van der Waals surface area contributed by atoms with E-state index in [4.69, 9.17) is 4.74 Å². The van der Waals surface area contributed by atoms with Gasteiger partial charge in [-0.3, -0.25) is 9.69 Å². The van der Waals surface area contributed by atoms with Crippen molar-refractivity contribution in [2.45, 2.75) is 71.1 Å². The molecule has 2 fully saturated rings. The van der Waals surface area contributed by atoms with E-state index in [0.29, 0.717) is 13.1 Å². The van der Waals surface area contributed by atoms with Crippen LogP contribution in [0.2, 0.25) is 0 Å². The van der Waals surface area contributed by atoms with Crippen molar-refractivity contribution < 1.29 is 14.3 Å². The van der Waals surface area contributed by atoms with E-state index in [9.17, 15) is 9.59 Å². The number of piperazine rings is 1. The number of benzene rings is 1. The van der Waals surface area contributed by atoms with Gasteiger partial charge in [-0.2, -0.15) is 0 Å². The molecule has 0 unspecified atom stereocenters. The lowest BCUT2D eigenvalue weighted by Crippen LogP contribution is -2.51. The number of amides is 2. The molecule has 1 aliphatic carbocycles. The Labute approximate surface area is 180 Å². The van der Waals surface area contributed by atoms with Crippen LogP contribution in [0.5, 0.6) is 0 Å². The summed E-state index contributed by atoms with van der Waals surface area (Å²) in [6, 6.07) is 6.70. The molecule has 2 aliphatic heterocycles. The van der Waals surface area contributed by atoms with Crippen molar-refractivity contribution in [2.75, 3.05) is 32.7 Å². The predicted octanol–water partition coefficient (Wildman–Crippen LogP) is 3.68. The van der Waals surface area contributed by atoms with Gasteiger partial charge >= 0.3 is 6.09 Å². The molecule has 0 atom stereocenters. The van der Waals surface area contributed by atoms with Gasteiger partial charge < -0.3 is 14.5 Å². The van der Waals surface area contributed by atoms with Gasteiger partial charge in [0.05, 0.1) is 0 Å². The van der Waals surface area contributed by atoms with Crippen LogP contribution in [0.3, 0.4) is 0 Å². The highest BCUT2D eigenvalue weighted by Gasteiger charge is 2.29. The van der Waals surface area contributed by atoms with Crippen LogP contribution in [0.25, 0.3) is 0 Å². The second-order valence-corrected chi connectivity index (χ2v) is 9.90. The fourth-order valence-electron chi connectivity index (χ4n) is 4.91. The molecule has 2 heterocycles. The number of fused-ring (bicyclic) bond motifs is 1. The highest BCUT2D eigenvalue weighted by Crippen LogP contribution is 2.26. The van der Waals surface area contributed by atoms with Crippen molar-refractivity contribution in [3.05, 3.63) is 34.9 Å². The summed E-state index contributed by atoms with van der Waals surface area (Å²) in [6.45, 7) is 10.4. The Hall–Kier alpha value is -2.08. The van der Waals surface area contributed by atoms with Crippen molar-refractivity contribution in [1.82, 2.24) is 14.7 Å². The van der Waals surface area contributed by atoms with Gasteiger partial charge in [0.25, 0.3) is 5.91 Å². The number of carbonyl (C=O) groups excluding carboxylic acids is 2. The SMILES string of the molecule is CC(C)(C)OC(=O)N1CCc2cc(C(=O)N3CCN(C4CCCC4)CC3)ccc2C1. The highest BCUT2D eigenvalue weighted by atomic mass is 16.6. The third-order valence-corrected chi connectivity index (χ3v) is 6.56. The Balaban J connectivity index is 1.35. The molecule has 30 heavy (non-hydrogen) atoms. The molecule has 0 spiro atoms. The summed E-state index contributed by atoms with van der Waals surface area (Å²) in [5, 5.41) is 0. The minimum absolute atomic E-state index is 0.137. The predicted molar refractivity (Wildman–Crippen MR) is 117 cm³/mol. The summed E-state index contributed by atoms with van der Waals surface area (Å²) in [4.78, 5) is 31.8. The average molecular weight is 414 g/mol. The molecule has 6 nitrogen and oxygen atoms in total. The lowest BCUT2D eigenvalue weighted by molar-refractivity contribution is 0.0223. The second-order valence-electron chi connectivity index (χ2n) is 9.90. The zero-order chi connectivity index (χ0) is 21.3. The average Bonchev–Trinajstić information content (AvgIpc) is 3.26. The van der Waals surface area contributed by atoms with Gasteiger partial charge in [-0.15, -0.1) is 0 Å². The van der Waals surface area contributed by atoms with Gasteiger partial charge in [0, 0.05) is 50.9 Å². The van der Waals surface area contributed by atoms with E-state index in [-0.39, 0.29) is 12.0 Å². The molecule has 1 saturated heterocycles. The van der Waals surface area contributed by atoms with Crippen molar-refractivity contribution in [3.63, 3.8) is 0 Å². The zero-order valence-corrected chi connectivity index (χ0v) is 18.7. The van der Waals surface area contributed by atoms with E-state index in [0.717, 1.165) is 49.8 Å². The van der Waals surface area contributed by atoms with Gasteiger partial charge in [0.2, 0.25) is 0 Å². The van der Waals surface area contributed by atoms with Crippen LogP contribution in [0.1, 0.15) is 67.9 Å². The first-order valence-corrected chi connectivity index (χ1v) is 11.4. The van der Waals surface area contributed by atoms with Crippen molar-refractivity contribution >= 4 is 12.0 Å². The first kappa shape index (κ1) is 21.2. The van der Waals surface area contributed by atoms with Gasteiger partial charge in [-0.25, -0.2) is 4.79 Å². The van der Waals surface area contributed by atoms with E-state index in [1.165, 1.54) is 31.2 Å². The molecule has 0 bridgehead atoms. The quantitative estimate of drug-likeness (QED) is 0.742. The van der Waals surface area contributed by atoms with Crippen molar-refractivity contribution in [3.8, 4) is 0 Å². The minimum atomic E-state index is -0.491. The monoisotopic (exact) mass is 413 g/mol. The normalized spacial score (nSPS) is 20.9. The minimum Gasteiger partial charge on any atom is -0.444 e. The van der Waals surface area contributed by atoms with E-state index in [2.05, 4.69) is 4.90 Å². The molecule has 0 radical (unpaired) electrons. The molecule has 164 valence electrons. The maximum atomic E-state index is 13.1. The number of hydrogen-bond acceptors (Lipinski definition) is 4. The summed E-state index contributed by atoms with van der Waals surface area (Å²) in [6.07, 6.45) is 5.83. The maximum absolute atomic E-state index is 13.1. The standard InChI is InChI=1S/C24H35N3O3/c1-24(2,3)30-23(29)27-11-10-18-16-19(8-9-20(18)17-27)22(28)26-14-12-25(13-15-26)21-6-4-5-7-21/h8-9,16,21H,4-7,10-15,17H2,1-3H3. The lowest BCUT2D eigenvalue weighted by atomic mass is 9.97. The van der Waals surface area contributed by atoms with E-state index in [1.54, 1.807) is 4.90 Å². The number of rotatable bonds is 2. The van der Waals surface area contributed by atoms with Crippen LogP contribution in [0.15, 0.2) is 18.2 Å². The molecule has 1 saturated carbocycles. The summed E-state index contributed by atoms with van der Waals surface area (Å²) in [7, 11) is 0. The van der Waals surface area contributed by atoms with Gasteiger partial charge in [0.1, 0.15) is 5.60 Å². The Morgan fingerprint density at radius 1 is 0.933 bits per heavy atom. The van der Waals surface area contributed by atoms with Gasteiger partial charge in [-0.1, -0.05) is 18.9 Å². The molecular weight excluding hydrogens is 378 g/mol. The highest BCUT2D eigenvalue weighted by molar-refractivity contribution is 5.94. The van der Waals surface area contributed by atoms with Crippen LogP contribution in [-0.4, -0.2) is 71.1 Å². The Bertz CT molecular complexity index is 787. The molecule has 6 heteroatoms. The number of nitrogens with zero attached hydrogens (tertiary/aromatic N) is 3. The van der Waals surface area contributed by atoms with Crippen LogP contribution < -0.4 is 0 Å². The van der Waals surface area contributed by atoms with E-state index < -0.39 is 5.60 Å². The molecular formula is C24H35N3O3. The third-order valence-electron chi connectivity index (χ3n) is 6.56. The second kappa shape index (κ2) is 8.58. The Morgan fingerprint density at radius 2 is 1.63 bits per heavy atom. The summed E-state index contributed by atoms with van der Waals surface area (Å²) in [5.41, 5.74) is 2.56. The summed E-state index contributed by atoms with van der Waals surface area (Å²) in [5.74, 6) is 0.137. The van der Waals surface area contributed by atoms with E-state index >= 15 is 0 Å². The number of ether oxygens (including phenoxy) is 1. The topological polar surface area (TPSA) is 53.1 Å². The number of hydrogen-bond donors (Lipinski definition) is 0. The van der Waals surface area contributed by atoms with Gasteiger partial charge in [0.15, 0.2) is 0 Å². The number of carbonyl (C=O) groups is 2. The fraction of sp³-hybridized carbons (Fsp3) is 0.667. The smallest absolute Gasteiger partial charge is 0.410 e. The lowest BCUT2D eigenvalue weighted by Gasteiger charge is -2.38. The molecule has 1 aromatic carbocycles. The molecule has 3 aliphatic rings. The molecule has 4 rings (SSSR count). The first-order valence-electron chi connectivity index (χ1n) is 11.4. The van der Waals surface area contributed by atoms with Crippen LogP contribution >= 0.6 is 0 Å². The van der Waals surface area contributed by atoms with Gasteiger partial charge in [-0.05, 0) is 63.3 Å². The van der Waals surface area contributed by atoms with Crippen LogP contribution in [-0.2, 0) is 17.7 Å². The van der Waals surface area contributed by atoms with Crippen LogP contribution in [0, 0.1) is 0 Å². The largest absolute Gasteiger partial charge is 0.444 e. The maximum Gasteiger partial charge on any atom is 0.410 e. The third kappa shape index (κ3) is 4.80. The van der Waals surface area contributed by atoms with Crippen molar-refractivity contribution in [1.29, 1.82) is 0 Å². The molecule has 1 aromatic rings. The summed E-state index contributed by atoms with van der Waals surface area (Å²) >= 11 is 0. The zero-order valence-electron chi connectivity index (χ0n) is 18.7. The van der Waals surface area contributed by atoms with E-state index in [1.807, 2.05) is 43.9 Å². The fourth-order valence-corrected chi connectivity index (χ4v) is 4.91. The summed E-state index contributed by atoms with van der Waals surface area (Å²) < 4.78 is 5.50. The first-order chi connectivity index (χ1) is 14.3.